The van der Waals surface area contributed by atoms with E-state index in [4.69, 9.17) is 0 Å². The van der Waals surface area contributed by atoms with Gasteiger partial charge in [0, 0.05) is 11.3 Å². The van der Waals surface area contributed by atoms with Crippen molar-refractivity contribution in [1.82, 2.24) is 5.43 Å². The number of anilines is 1. The molecule has 1 heterocycles. The van der Waals surface area contributed by atoms with Crippen LogP contribution in [0.5, 0.6) is 0 Å². The van der Waals surface area contributed by atoms with E-state index in [0.717, 1.165) is 11.3 Å². The molecule has 0 aliphatic carbocycles. The Balaban J connectivity index is 1.82. The molecular weight excluding hydrogens is 234 g/mol. The van der Waals surface area contributed by atoms with Crippen LogP contribution in [0.1, 0.15) is 5.56 Å². The molecule has 2 rings (SSSR count). The van der Waals surface area contributed by atoms with Crippen LogP contribution in [0.25, 0.3) is 0 Å². The van der Waals surface area contributed by atoms with Crippen LogP contribution >= 0.6 is 11.3 Å². The summed E-state index contributed by atoms with van der Waals surface area (Å²) in [5, 5.41) is 10.4. The number of para-hydroxylation sites is 1. The minimum atomic E-state index is -0.359. The van der Waals surface area contributed by atoms with Crippen LogP contribution in [-0.2, 0) is 0 Å². The van der Waals surface area contributed by atoms with Crippen LogP contribution < -0.4 is 10.7 Å². The predicted octanol–water partition coefficient (Wildman–Crippen LogP) is 2.90. The summed E-state index contributed by atoms with van der Waals surface area (Å²) in [6, 6.07) is 10.8. The van der Waals surface area contributed by atoms with Gasteiger partial charge in [-0.05, 0) is 29.0 Å². The topological polar surface area (TPSA) is 53.5 Å². The van der Waals surface area contributed by atoms with Crippen molar-refractivity contribution in [1.29, 1.82) is 0 Å². The molecule has 0 unspecified atom stereocenters. The zero-order chi connectivity index (χ0) is 11.9. The van der Waals surface area contributed by atoms with Crippen LogP contribution in [-0.4, -0.2) is 12.2 Å². The number of carbonyl (C=O) groups is 1. The van der Waals surface area contributed by atoms with Gasteiger partial charge < -0.3 is 5.32 Å². The van der Waals surface area contributed by atoms with Crippen molar-refractivity contribution in [2.45, 2.75) is 0 Å². The van der Waals surface area contributed by atoms with Crippen LogP contribution in [0.3, 0.4) is 0 Å². The Morgan fingerprint density at radius 1 is 1.24 bits per heavy atom. The van der Waals surface area contributed by atoms with E-state index in [1.54, 1.807) is 17.6 Å². The van der Waals surface area contributed by atoms with E-state index in [9.17, 15) is 4.79 Å². The molecule has 0 radical (unpaired) electrons. The number of hydrogen-bond acceptors (Lipinski definition) is 3. The maximum atomic E-state index is 11.4. The normalized spacial score (nSPS) is 10.4. The quantitative estimate of drug-likeness (QED) is 0.634. The Morgan fingerprint density at radius 3 is 2.76 bits per heavy atom. The molecule has 2 aromatic rings. The summed E-state index contributed by atoms with van der Waals surface area (Å²) in [5.41, 5.74) is 4.09. The molecule has 0 saturated heterocycles. The number of hydrazone groups is 1. The molecule has 0 fully saturated rings. The van der Waals surface area contributed by atoms with E-state index in [1.165, 1.54) is 0 Å². The molecule has 0 aliphatic heterocycles. The number of amides is 2. The molecule has 17 heavy (non-hydrogen) atoms. The van der Waals surface area contributed by atoms with Crippen molar-refractivity contribution in [3.63, 3.8) is 0 Å². The standard InChI is InChI=1S/C12H11N3OS/c16-12(14-11-4-2-1-3-5-11)15-13-8-10-6-7-17-9-10/h1-9H,(H2,14,15,16)/b13-8-. The zero-order valence-corrected chi connectivity index (χ0v) is 9.78. The highest BCUT2D eigenvalue weighted by Crippen LogP contribution is 2.04. The monoisotopic (exact) mass is 245 g/mol. The fourth-order valence-electron chi connectivity index (χ4n) is 1.19. The fourth-order valence-corrected chi connectivity index (χ4v) is 1.81. The molecule has 2 amide bonds. The van der Waals surface area contributed by atoms with Crippen molar-refractivity contribution < 1.29 is 4.79 Å². The molecule has 2 N–H and O–H groups in total. The number of nitrogens with zero attached hydrogens (tertiary/aromatic N) is 1. The first-order chi connectivity index (χ1) is 8.34. The highest BCUT2D eigenvalue weighted by Gasteiger charge is 1.97. The van der Waals surface area contributed by atoms with Crippen molar-refractivity contribution >= 4 is 29.3 Å². The van der Waals surface area contributed by atoms with Crippen LogP contribution in [0, 0.1) is 0 Å². The summed E-state index contributed by atoms with van der Waals surface area (Å²) in [4.78, 5) is 11.4. The zero-order valence-electron chi connectivity index (χ0n) is 8.96. The van der Waals surface area contributed by atoms with Crippen molar-refractivity contribution in [3.05, 3.63) is 52.7 Å². The van der Waals surface area contributed by atoms with Crippen LogP contribution in [0.2, 0.25) is 0 Å². The lowest BCUT2D eigenvalue weighted by atomic mass is 10.3. The largest absolute Gasteiger partial charge is 0.339 e. The van der Waals surface area contributed by atoms with Gasteiger partial charge in [-0.15, -0.1) is 0 Å². The Hall–Kier alpha value is -2.14. The average molecular weight is 245 g/mol. The van der Waals surface area contributed by atoms with Gasteiger partial charge >= 0.3 is 6.03 Å². The second-order valence-electron chi connectivity index (χ2n) is 3.25. The van der Waals surface area contributed by atoms with E-state index in [1.807, 2.05) is 47.2 Å². The lowest BCUT2D eigenvalue weighted by molar-refractivity contribution is 0.252. The predicted molar refractivity (Wildman–Crippen MR) is 70.5 cm³/mol. The average Bonchev–Trinajstić information content (AvgIpc) is 2.83. The number of hydrogen-bond donors (Lipinski definition) is 2. The first-order valence-electron chi connectivity index (χ1n) is 5.02. The highest BCUT2D eigenvalue weighted by molar-refractivity contribution is 7.08. The van der Waals surface area contributed by atoms with Gasteiger partial charge in [-0.25, -0.2) is 10.2 Å². The molecule has 5 heteroatoms. The number of rotatable bonds is 3. The summed E-state index contributed by atoms with van der Waals surface area (Å²) < 4.78 is 0. The molecular formula is C12H11N3OS. The van der Waals surface area contributed by atoms with Crippen molar-refractivity contribution in [3.8, 4) is 0 Å². The summed E-state index contributed by atoms with van der Waals surface area (Å²) in [6.07, 6.45) is 1.60. The summed E-state index contributed by atoms with van der Waals surface area (Å²) in [6.45, 7) is 0. The molecule has 0 spiro atoms. The van der Waals surface area contributed by atoms with Crippen molar-refractivity contribution in [2.75, 3.05) is 5.32 Å². The molecule has 0 saturated carbocycles. The number of thiophene rings is 1. The number of urea groups is 1. The van der Waals surface area contributed by atoms with Gasteiger partial charge in [-0.1, -0.05) is 18.2 Å². The molecule has 0 aliphatic rings. The van der Waals surface area contributed by atoms with Gasteiger partial charge in [0.05, 0.1) is 6.21 Å². The Bertz CT molecular complexity index is 494. The molecule has 0 atom stereocenters. The maximum Gasteiger partial charge on any atom is 0.339 e. The van der Waals surface area contributed by atoms with Crippen LogP contribution in [0.4, 0.5) is 10.5 Å². The molecule has 0 bridgehead atoms. The van der Waals surface area contributed by atoms with E-state index in [0.29, 0.717) is 0 Å². The minimum Gasteiger partial charge on any atom is -0.307 e. The van der Waals surface area contributed by atoms with Gasteiger partial charge in [-0.2, -0.15) is 16.4 Å². The van der Waals surface area contributed by atoms with Gasteiger partial charge in [0.2, 0.25) is 0 Å². The van der Waals surface area contributed by atoms with Gasteiger partial charge in [0.15, 0.2) is 0 Å². The lowest BCUT2D eigenvalue weighted by Crippen LogP contribution is -2.24. The minimum absolute atomic E-state index is 0.359. The molecule has 1 aromatic carbocycles. The number of carbonyl (C=O) groups excluding carboxylic acids is 1. The summed E-state index contributed by atoms with van der Waals surface area (Å²) >= 11 is 1.58. The molecule has 86 valence electrons. The van der Waals surface area contributed by atoms with Crippen LogP contribution in [0.15, 0.2) is 52.3 Å². The van der Waals surface area contributed by atoms with Gasteiger partial charge in [-0.3, -0.25) is 0 Å². The summed E-state index contributed by atoms with van der Waals surface area (Å²) in [7, 11) is 0. The third-order valence-electron chi connectivity index (χ3n) is 1.95. The first-order valence-corrected chi connectivity index (χ1v) is 5.96. The fraction of sp³-hybridized carbons (Fsp3) is 0. The second-order valence-corrected chi connectivity index (χ2v) is 4.03. The van der Waals surface area contributed by atoms with Crippen molar-refractivity contribution in [2.24, 2.45) is 5.10 Å². The highest BCUT2D eigenvalue weighted by atomic mass is 32.1. The van der Waals surface area contributed by atoms with E-state index < -0.39 is 0 Å². The third-order valence-corrected chi connectivity index (χ3v) is 2.66. The number of nitrogens with one attached hydrogen (secondary N) is 2. The SMILES string of the molecule is O=C(N/N=C\c1ccsc1)Nc1ccccc1. The Morgan fingerprint density at radius 2 is 2.06 bits per heavy atom. The van der Waals surface area contributed by atoms with Gasteiger partial charge in [0.1, 0.15) is 0 Å². The van der Waals surface area contributed by atoms with E-state index in [-0.39, 0.29) is 6.03 Å². The second kappa shape index (κ2) is 5.81. The molecule has 1 aromatic heterocycles. The lowest BCUT2D eigenvalue weighted by Gasteiger charge is -2.02. The number of benzene rings is 1. The van der Waals surface area contributed by atoms with E-state index >= 15 is 0 Å². The van der Waals surface area contributed by atoms with E-state index in [2.05, 4.69) is 15.8 Å². The third kappa shape index (κ3) is 3.73. The first kappa shape index (κ1) is 11.3. The maximum absolute atomic E-state index is 11.4. The summed E-state index contributed by atoms with van der Waals surface area (Å²) in [5.74, 6) is 0. The van der Waals surface area contributed by atoms with Gasteiger partial charge in [0.25, 0.3) is 0 Å². The smallest absolute Gasteiger partial charge is 0.307 e. The molecule has 4 nitrogen and oxygen atoms in total. The Labute approximate surface area is 103 Å². The Kier molecular flexibility index (Phi) is 3.88.